The van der Waals surface area contributed by atoms with Crippen LogP contribution in [0, 0.1) is 0 Å². The highest BCUT2D eigenvalue weighted by Gasteiger charge is 2.55. The van der Waals surface area contributed by atoms with E-state index in [0.29, 0.717) is 17.9 Å². The molecule has 2 aliphatic rings. The van der Waals surface area contributed by atoms with E-state index in [1.165, 1.54) is 24.0 Å². The predicted molar refractivity (Wildman–Crippen MR) is 82.9 cm³/mol. The van der Waals surface area contributed by atoms with Gasteiger partial charge in [0, 0.05) is 23.4 Å². The first-order valence-corrected chi connectivity index (χ1v) is 7.65. The first-order valence-electron chi connectivity index (χ1n) is 7.65. The molecule has 0 unspecified atom stereocenters. The first kappa shape index (κ1) is 12.2. The Hall–Kier alpha value is -1.60. The van der Waals surface area contributed by atoms with Crippen molar-refractivity contribution in [3.8, 4) is 0 Å². The van der Waals surface area contributed by atoms with E-state index in [4.69, 9.17) is 0 Å². The molecule has 102 valence electrons. The maximum atomic E-state index is 3.90. The van der Waals surface area contributed by atoms with Gasteiger partial charge in [-0.2, -0.15) is 0 Å². The van der Waals surface area contributed by atoms with Crippen molar-refractivity contribution >= 4 is 0 Å². The van der Waals surface area contributed by atoms with E-state index in [9.17, 15) is 0 Å². The number of rotatable bonds is 2. The monoisotopic (exact) mass is 263 g/mol. The van der Waals surface area contributed by atoms with E-state index in [1.54, 1.807) is 0 Å². The maximum absolute atomic E-state index is 3.90. The van der Waals surface area contributed by atoms with Crippen molar-refractivity contribution in [1.82, 2.24) is 5.32 Å². The minimum Gasteiger partial charge on any atom is -0.307 e. The second kappa shape index (κ2) is 4.46. The summed E-state index contributed by atoms with van der Waals surface area (Å²) in [4.78, 5) is 0. The number of benzene rings is 2. The van der Waals surface area contributed by atoms with Gasteiger partial charge in [-0.15, -0.1) is 0 Å². The highest BCUT2D eigenvalue weighted by Crippen LogP contribution is 2.55. The zero-order valence-corrected chi connectivity index (χ0v) is 11.9. The van der Waals surface area contributed by atoms with E-state index in [-0.39, 0.29) is 5.54 Å². The van der Waals surface area contributed by atoms with Crippen LogP contribution in [0.4, 0.5) is 0 Å². The second-order valence-electron chi connectivity index (χ2n) is 6.53. The molecule has 20 heavy (non-hydrogen) atoms. The summed E-state index contributed by atoms with van der Waals surface area (Å²) in [7, 11) is 0. The molecule has 1 nitrogen and oxygen atoms in total. The fourth-order valence-corrected chi connectivity index (χ4v) is 4.50. The van der Waals surface area contributed by atoms with Crippen LogP contribution in [-0.4, -0.2) is 11.6 Å². The van der Waals surface area contributed by atoms with E-state index in [0.717, 1.165) is 0 Å². The summed E-state index contributed by atoms with van der Waals surface area (Å²) < 4.78 is 0. The van der Waals surface area contributed by atoms with Crippen LogP contribution < -0.4 is 5.32 Å². The van der Waals surface area contributed by atoms with Crippen molar-refractivity contribution < 1.29 is 0 Å². The van der Waals surface area contributed by atoms with Gasteiger partial charge < -0.3 is 5.32 Å². The third kappa shape index (κ3) is 1.73. The van der Waals surface area contributed by atoms with Crippen molar-refractivity contribution in [2.45, 2.75) is 43.2 Å². The standard InChI is InChI=1S/C19H21N/c1-19-13-12-16(20-19)17(14-8-4-2-5-9-14)18(19)15-10-6-3-7-11-15/h2-11,16-18,20H,12-13H2,1H3/t16-,17+,18-,19+/m1/s1. The fraction of sp³-hybridized carbons (Fsp3) is 0.368. The van der Waals surface area contributed by atoms with E-state index < -0.39 is 0 Å². The number of fused-ring (bicyclic) bond motifs is 2. The summed E-state index contributed by atoms with van der Waals surface area (Å²) >= 11 is 0. The molecule has 1 N–H and O–H groups in total. The minimum absolute atomic E-state index is 0.256. The molecule has 2 fully saturated rings. The Morgan fingerprint density at radius 1 is 0.900 bits per heavy atom. The van der Waals surface area contributed by atoms with Crippen molar-refractivity contribution in [2.75, 3.05) is 0 Å². The van der Waals surface area contributed by atoms with Crippen molar-refractivity contribution in [2.24, 2.45) is 0 Å². The number of nitrogens with one attached hydrogen (secondary N) is 1. The van der Waals surface area contributed by atoms with Crippen LogP contribution in [0.1, 0.15) is 42.7 Å². The van der Waals surface area contributed by atoms with E-state index in [1.807, 2.05) is 0 Å². The van der Waals surface area contributed by atoms with E-state index >= 15 is 0 Å². The molecule has 0 aromatic heterocycles. The SMILES string of the molecule is C[C@@]12CC[C@@H](N1)[C@H](c1ccccc1)[C@H]2c1ccccc1. The van der Waals surface area contributed by atoms with Crippen LogP contribution >= 0.6 is 0 Å². The Kier molecular flexibility index (Phi) is 2.71. The molecule has 0 radical (unpaired) electrons. The van der Waals surface area contributed by atoms with Crippen molar-refractivity contribution in [3.63, 3.8) is 0 Å². The molecule has 0 spiro atoms. The predicted octanol–water partition coefficient (Wildman–Crippen LogP) is 4.08. The van der Waals surface area contributed by atoms with Gasteiger partial charge in [-0.25, -0.2) is 0 Å². The summed E-state index contributed by atoms with van der Waals surface area (Å²) in [6.07, 6.45) is 2.60. The topological polar surface area (TPSA) is 12.0 Å². The van der Waals surface area contributed by atoms with Crippen LogP contribution in [0.15, 0.2) is 60.7 Å². The zero-order chi connectivity index (χ0) is 13.6. The lowest BCUT2D eigenvalue weighted by Gasteiger charge is -2.36. The third-order valence-corrected chi connectivity index (χ3v) is 5.31. The molecule has 2 aliphatic heterocycles. The van der Waals surface area contributed by atoms with Crippen LogP contribution in [0.3, 0.4) is 0 Å². The fourth-order valence-electron chi connectivity index (χ4n) is 4.50. The van der Waals surface area contributed by atoms with Gasteiger partial charge in [0.25, 0.3) is 0 Å². The lowest BCUT2D eigenvalue weighted by atomic mass is 9.67. The van der Waals surface area contributed by atoms with E-state index in [2.05, 4.69) is 72.9 Å². The van der Waals surface area contributed by atoms with Gasteiger partial charge in [-0.05, 0) is 30.9 Å². The molecule has 4 atom stereocenters. The smallest absolute Gasteiger partial charge is 0.0231 e. The second-order valence-corrected chi connectivity index (χ2v) is 6.53. The summed E-state index contributed by atoms with van der Waals surface area (Å²) in [6, 6.07) is 22.7. The number of hydrogen-bond acceptors (Lipinski definition) is 1. The minimum atomic E-state index is 0.256. The molecule has 2 heterocycles. The Balaban J connectivity index is 1.81. The molecule has 0 saturated carbocycles. The Morgan fingerprint density at radius 3 is 2.15 bits per heavy atom. The highest BCUT2D eigenvalue weighted by atomic mass is 15.1. The highest BCUT2D eigenvalue weighted by molar-refractivity contribution is 5.38. The summed E-state index contributed by atoms with van der Waals surface area (Å²) in [5, 5.41) is 3.90. The van der Waals surface area contributed by atoms with Gasteiger partial charge in [0.1, 0.15) is 0 Å². The summed E-state index contributed by atoms with van der Waals surface area (Å²) in [6.45, 7) is 2.41. The Morgan fingerprint density at radius 2 is 1.50 bits per heavy atom. The maximum Gasteiger partial charge on any atom is 0.0231 e. The van der Waals surface area contributed by atoms with Crippen LogP contribution in [0.2, 0.25) is 0 Å². The molecular weight excluding hydrogens is 242 g/mol. The lowest BCUT2D eigenvalue weighted by molar-refractivity contribution is 0.346. The molecule has 2 aromatic rings. The Bertz CT molecular complexity index is 592. The number of hydrogen-bond donors (Lipinski definition) is 1. The first-order chi connectivity index (χ1) is 9.78. The van der Waals surface area contributed by atoms with Gasteiger partial charge in [-0.1, -0.05) is 60.7 Å². The molecule has 0 aliphatic carbocycles. The van der Waals surface area contributed by atoms with Gasteiger partial charge >= 0.3 is 0 Å². The summed E-state index contributed by atoms with van der Waals surface area (Å²) in [5.74, 6) is 1.20. The largest absolute Gasteiger partial charge is 0.307 e. The van der Waals surface area contributed by atoms with Gasteiger partial charge in [0.15, 0.2) is 0 Å². The van der Waals surface area contributed by atoms with Gasteiger partial charge in [-0.3, -0.25) is 0 Å². The summed E-state index contributed by atoms with van der Waals surface area (Å²) in [5.41, 5.74) is 3.23. The molecule has 2 aromatic carbocycles. The van der Waals surface area contributed by atoms with Gasteiger partial charge in [0.2, 0.25) is 0 Å². The molecule has 2 saturated heterocycles. The molecule has 0 amide bonds. The molecule has 1 heteroatoms. The van der Waals surface area contributed by atoms with Gasteiger partial charge in [0.05, 0.1) is 0 Å². The van der Waals surface area contributed by atoms with Crippen molar-refractivity contribution in [1.29, 1.82) is 0 Å². The molecule has 2 bridgehead atoms. The quantitative estimate of drug-likeness (QED) is 0.861. The van der Waals surface area contributed by atoms with Crippen molar-refractivity contribution in [3.05, 3.63) is 71.8 Å². The molecular formula is C19H21N. The zero-order valence-electron chi connectivity index (χ0n) is 11.9. The molecule has 4 rings (SSSR count). The lowest BCUT2D eigenvalue weighted by Crippen LogP contribution is -2.37. The average molecular weight is 263 g/mol. The normalized spacial score (nSPS) is 35.4. The van der Waals surface area contributed by atoms with Crippen LogP contribution in [0.25, 0.3) is 0 Å². The van der Waals surface area contributed by atoms with Crippen LogP contribution in [0.5, 0.6) is 0 Å². The average Bonchev–Trinajstić information content (AvgIpc) is 3.02. The Labute approximate surface area is 121 Å². The van der Waals surface area contributed by atoms with Crippen LogP contribution in [-0.2, 0) is 0 Å². The third-order valence-electron chi connectivity index (χ3n) is 5.31.